The Kier molecular flexibility index (Phi) is 5.42. The van der Waals surface area contributed by atoms with Gasteiger partial charge in [0, 0.05) is 12.3 Å². The van der Waals surface area contributed by atoms with Crippen LogP contribution >= 0.6 is 11.6 Å². The van der Waals surface area contributed by atoms with Crippen LogP contribution in [0.2, 0.25) is 5.02 Å². The minimum Gasteiger partial charge on any atom is -0.506 e. The van der Waals surface area contributed by atoms with Crippen LogP contribution in [0.1, 0.15) is 6.92 Å². The van der Waals surface area contributed by atoms with Crippen molar-refractivity contribution in [2.75, 3.05) is 5.32 Å². The standard InChI is InChI=1S/C18H14ClN3O6S/c1-9(23)20-11-4-2-3-10-5-7-13(24)17(15(10)11)22-21-12-6-8-14(29(26,27)28)16(19)18(12)25/h2-8,24-25H,1H3,(H,20,23)(H,26,27,28). The fourth-order valence-corrected chi connectivity index (χ4v) is 3.68. The van der Waals surface area contributed by atoms with Gasteiger partial charge in [-0.15, -0.1) is 10.2 Å². The van der Waals surface area contributed by atoms with Crippen LogP contribution in [0.3, 0.4) is 0 Å². The molecule has 0 radical (unpaired) electrons. The van der Waals surface area contributed by atoms with Crippen molar-refractivity contribution in [2.24, 2.45) is 10.2 Å². The van der Waals surface area contributed by atoms with Crippen molar-refractivity contribution in [3.8, 4) is 11.5 Å². The van der Waals surface area contributed by atoms with Crippen LogP contribution in [-0.2, 0) is 14.9 Å². The fraction of sp³-hybridized carbons (Fsp3) is 0.0556. The minimum atomic E-state index is -4.64. The number of rotatable bonds is 4. The number of carbonyl (C=O) groups is 1. The molecule has 1 amide bonds. The molecule has 9 nitrogen and oxygen atoms in total. The SMILES string of the molecule is CC(=O)Nc1cccc2ccc(O)c(N=Nc3ccc(S(=O)(=O)O)c(Cl)c3O)c12. The van der Waals surface area contributed by atoms with Crippen LogP contribution in [0.25, 0.3) is 10.8 Å². The van der Waals surface area contributed by atoms with Gasteiger partial charge in [-0.2, -0.15) is 8.42 Å². The Morgan fingerprint density at radius 3 is 2.45 bits per heavy atom. The summed E-state index contributed by atoms with van der Waals surface area (Å²) in [6.07, 6.45) is 0. The predicted octanol–water partition coefficient (Wildman–Crippen LogP) is 4.52. The van der Waals surface area contributed by atoms with Gasteiger partial charge in [0.05, 0.1) is 5.69 Å². The van der Waals surface area contributed by atoms with Crippen LogP contribution in [-0.4, -0.2) is 29.1 Å². The van der Waals surface area contributed by atoms with Gasteiger partial charge in [-0.05, 0) is 29.7 Å². The van der Waals surface area contributed by atoms with Crippen LogP contribution in [0.4, 0.5) is 17.1 Å². The van der Waals surface area contributed by atoms with Crippen molar-refractivity contribution in [1.29, 1.82) is 0 Å². The van der Waals surface area contributed by atoms with E-state index in [1.807, 2.05) is 0 Å². The number of phenols is 2. The van der Waals surface area contributed by atoms with E-state index < -0.39 is 25.8 Å². The molecule has 0 saturated heterocycles. The third kappa shape index (κ3) is 4.14. The molecule has 0 spiro atoms. The molecule has 3 rings (SSSR count). The lowest BCUT2D eigenvalue weighted by molar-refractivity contribution is -0.114. The van der Waals surface area contributed by atoms with Gasteiger partial charge in [-0.1, -0.05) is 29.8 Å². The first-order valence-electron chi connectivity index (χ1n) is 8.02. The zero-order chi connectivity index (χ0) is 21.3. The molecule has 0 fully saturated rings. The van der Waals surface area contributed by atoms with Gasteiger partial charge in [0.2, 0.25) is 5.91 Å². The highest BCUT2D eigenvalue weighted by Crippen LogP contribution is 2.43. The number of nitrogens with one attached hydrogen (secondary N) is 1. The molecule has 3 aromatic carbocycles. The maximum absolute atomic E-state index is 11.5. The molecule has 150 valence electrons. The van der Waals surface area contributed by atoms with E-state index in [4.69, 9.17) is 16.2 Å². The average Bonchev–Trinajstić information content (AvgIpc) is 2.63. The second-order valence-electron chi connectivity index (χ2n) is 5.94. The summed E-state index contributed by atoms with van der Waals surface area (Å²) in [4.78, 5) is 10.8. The first-order chi connectivity index (χ1) is 13.6. The maximum atomic E-state index is 11.5. The van der Waals surface area contributed by atoms with Gasteiger partial charge in [-0.25, -0.2) is 0 Å². The lowest BCUT2D eigenvalue weighted by atomic mass is 10.1. The summed E-state index contributed by atoms with van der Waals surface area (Å²) < 4.78 is 31.6. The summed E-state index contributed by atoms with van der Waals surface area (Å²) in [5.41, 5.74) is 0.209. The minimum absolute atomic E-state index is 0.0150. The molecule has 0 aliphatic heterocycles. The van der Waals surface area contributed by atoms with E-state index >= 15 is 0 Å². The van der Waals surface area contributed by atoms with E-state index in [9.17, 15) is 23.4 Å². The van der Waals surface area contributed by atoms with Crippen molar-refractivity contribution in [3.63, 3.8) is 0 Å². The Morgan fingerprint density at radius 2 is 1.79 bits per heavy atom. The lowest BCUT2D eigenvalue weighted by Gasteiger charge is -2.10. The number of amides is 1. The molecule has 11 heteroatoms. The topological polar surface area (TPSA) is 149 Å². The number of carbonyl (C=O) groups excluding carboxylic acids is 1. The Labute approximate surface area is 170 Å². The molecule has 29 heavy (non-hydrogen) atoms. The monoisotopic (exact) mass is 435 g/mol. The zero-order valence-corrected chi connectivity index (χ0v) is 16.4. The van der Waals surface area contributed by atoms with Gasteiger partial charge in [-0.3, -0.25) is 9.35 Å². The fourth-order valence-electron chi connectivity index (χ4n) is 2.66. The molecule has 0 atom stereocenters. The van der Waals surface area contributed by atoms with Gasteiger partial charge in [0.15, 0.2) is 5.75 Å². The molecule has 3 aromatic rings. The second-order valence-corrected chi connectivity index (χ2v) is 7.71. The number of nitrogens with zero attached hydrogens (tertiary/aromatic N) is 2. The number of anilines is 1. The Balaban J connectivity index is 2.16. The normalized spacial score (nSPS) is 11.8. The molecule has 0 aliphatic rings. The first-order valence-corrected chi connectivity index (χ1v) is 9.84. The molecule has 0 heterocycles. The van der Waals surface area contributed by atoms with E-state index in [1.54, 1.807) is 24.3 Å². The molecule has 0 saturated carbocycles. The molecular weight excluding hydrogens is 422 g/mol. The summed E-state index contributed by atoms with van der Waals surface area (Å²) in [6.45, 7) is 1.33. The summed E-state index contributed by atoms with van der Waals surface area (Å²) in [6, 6.07) is 10.1. The zero-order valence-electron chi connectivity index (χ0n) is 14.8. The van der Waals surface area contributed by atoms with E-state index in [0.29, 0.717) is 16.5 Å². The number of phenolic OH excluding ortho intramolecular Hbond substituents is 2. The number of hydrogen-bond donors (Lipinski definition) is 4. The van der Waals surface area contributed by atoms with E-state index in [-0.39, 0.29) is 23.0 Å². The van der Waals surface area contributed by atoms with Gasteiger partial charge in [0.1, 0.15) is 27.0 Å². The highest BCUT2D eigenvalue weighted by Gasteiger charge is 2.20. The Bertz CT molecular complexity index is 1270. The Morgan fingerprint density at radius 1 is 1.07 bits per heavy atom. The predicted molar refractivity (Wildman–Crippen MR) is 107 cm³/mol. The van der Waals surface area contributed by atoms with Crippen LogP contribution < -0.4 is 5.32 Å². The van der Waals surface area contributed by atoms with Crippen molar-refractivity contribution in [2.45, 2.75) is 11.8 Å². The molecule has 0 aromatic heterocycles. The van der Waals surface area contributed by atoms with Crippen LogP contribution in [0.5, 0.6) is 11.5 Å². The van der Waals surface area contributed by atoms with Crippen molar-refractivity contribution in [3.05, 3.63) is 47.5 Å². The number of fused-ring (bicyclic) bond motifs is 1. The Hall–Kier alpha value is -3.21. The molecule has 4 N–H and O–H groups in total. The third-order valence-electron chi connectivity index (χ3n) is 3.90. The number of azo groups is 1. The first kappa shape index (κ1) is 20.5. The smallest absolute Gasteiger partial charge is 0.296 e. The summed E-state index contributed by atoms with van der Waals surface area (Å²) in [7, 11) is -4.64. The summed E-state index contributed by atoms with van der Waals surface area (Å²) >= 11 is 5.79. The van der Waals surface area contributed by atoms with Gasteiger partial charge < -0.3 is 15.5 Å². The lowest BCUT2D eigenvalue weighted by Crippen LogP contribution is -2.06. The van der Waals surface area contributed by atoms with Crippen LogP contribution in [0, 0.1) is 0 Å². The van der Waals surface area contributed by atoms with E-state index in [2.05, 4.69) is 15.5 Å². The average molecular weight is 436 g/mol. The van der Waals surface area contributed by atoms with Gasteiger partial charge in [0.25, 0.3) is 10.1 Å². The quantitative estimate of drug-likeness (QED) is 0.349. The van der Waals surface area contributed by atoms with Crippen LogP contribution in [0.15, 0.2) is 57.6 Å². The highest BCUT2D eigenvalue weighted by molar-refractivity contribution is 7.86. The third-order valence-corrected chi connectivity index (χ3v) is 5.29. The van der Waals surface area contributed by atoms with Crippen molar-refractivity contribution in [1.82, 2.24) is 0 Å². The number of aromatic hydroxyl groups is 2. The number of halogens is 1. The number of hydrogen-bond acceptors (Lipinski definition) is 7. The maximum Gasteiger partial charge on any atom is 0.296 e. The molecule has 0 bridgehead atoms. The molecule has 0 aliphatic carbocycles. The van der Waals surface area contributed by atoms with E-state index in [0.717, 1.165) is 12.1 Å². The van der Waals surface area contributed by atoms with Gasteiger partial charge >= 0.3 is 0 Å². The number of benzene rings is 3. The summed E-state index contributed by atoms with van der Waals surface area (Å²) in [5.74, 6) is -1.28. The molecular formula is C18H14ClN3O6S. The largest absolute Gasteiger partial charge is 0.506 e. The highest BCUT2D eigenvalue weighted by atomic mass is 35.5. The van der Waals surface area contributed by atoms with Crippen molar-refractivity contribution < 1.29 is 28.0 Å². The molecule has 0 unspecified atom stereocenters. The van der Waals surface area contributed by atoms with Crippen molar-refractivity contribution >= 4 is 55.5 Å². The summed E-state index contributed by atoms with van der Waals surface area (Å²) in [5, 5.41) is 31.2. The van der Waals surface area contributed by atoms with E-state index in [1.165, 1.54) is 13.0 Å². The second kappa shape index (κ2) is 7.66.